The number of hydrogen-bond donors (Lipinski definition) is 0. The maximum Gasteiger partial charge on any atom is 0.249 e. The Morgan fingerprint density at radius 2 is 1.78 bits per heavy atom. The van der Waals surface area contributed by atoms with Crippen LogP contribution >= 0.6 is 0 Å². The van der Waals surface area contributed by atoms with Crippen molar-refractivity contribution in [3.05, 3.63) is 65.9 Å². The van der Waals surface area contributed by atoms with Crippen LogP contribution in [0.3, 0.4) is 0 Å². The summed E-state index contributed by atoms with van der Waals surface area (Å²) in [6.07, 6.45) is 0. The second-order valence-corrected chi connectivity index (χ2v) is 5.66. The molecular formula is C18H16N4O. The predicted molar refractivity (Wildman–Crippen MR) is 87.8 cm³/mol. The lowest BCUT2D eigenvalue weighted by Gasteiger charge is -2.22. The van der Waals surface area contributed by atoms with Crippen LogP contribution in [0.2, 0.25) is 0 Å². The van der Waals surface area contributed by atoms with Gasteiger partial charge < -0.3 is 4.90 Å². The highest BCUT2D eigenvalue weighted by Gasteiger charge is 2.27. The van der Waals surface area contributed by atoms with Gasteiger partial charge in [0.15, 0.2) is 0 Å². The highest BCUT2D eigenvalue weighted by Crippen LogP contribution is 2.35. The van der Waals surface area contributed by atoms with Gasteiger partial charge in [-0.25, -0.2) is 4.68 Å². The zero-order valence-corrected chi connectivity index (χ0v) is 12.8. The molecule has 114 valence electrons. The van der Waals surface area contributed by atoms with Crippen molar-refractivity contribution in [2.45, 2.75) is 20.0 Å². The molecule has 4 rings (SSSR count). The fraction of sp³-hybridized carbons (Fsp3) is 0.167. The van der Waals surface area contributed by atoms with E-state index in [0.717, 1.165) is 28.2 Å². The number of aryl methyl sites for hydroxylation is 1. The normalized spacial score (nSPS) is 13.4. The van der Waals surface area contributed by atoms with Gasteiger partial charge in [0.1, 0.15) is 6.54 Å². The van der Waals surface area contributed by atoms with Crippen LogP contribution in [0.5, 0.6) is 0 Å². The van der Waals surface area contributed by atoms with Crippen molar-refractivity contribution in [2.24, 2.45) is 0 Å². The van der Waals surface area contributed by atoms with Crippen molar-refractivity contribution in [1.82, 2.24) is 15.0 Å². The molecule has 0 saturated carbocycles. The molecule has 0 unspecified atom stereocenters. The molecule has 0 saturated heterocycles. The van der Waals surface area contributed by atoms with Gasteiger partial charge in [-0.3, -0.25) is 4.79 Å². The van der Waals surface area contributed by atoms with E-state index < -0.39 is 0 Å². The largest absolute Gasteiger partial charge is 0.306 e. The van der Waals surface area contributed by atoms with Crippen molar-refractivity contribution >= 4 is 11.6 Å². The van der Waals surface area contributed by atoms with Crippen LogP contribution in [-0.4, -0.2) is 20.9 Å². The number of rotatable bonds is 2. The maximum absolute atomic E-state index is 12.8. The third-order valence-corrected chi connectivity index (χ3v) is 4.12. The molecule has 0 atom stereocenters. The topological polar surface area (TPSA) is 51.0 Å². The number of carbonyl (C=O) groups is 1. The number of fused-ring (bicyclic) bond motifs is 3. The Morgan fingerprint density at radius 3 is 2.61 bits per heavy atom. The third kappa shape index (κ3) is 2.30. The fourth-order valence-corrected chi connectivity index (χ4v) is 3.04. The van der Waals surface area contributed by atoms with Gasteiger partial charge in [-0.1, -0.05) is 53.7 Å². The van der Waals surface area contributed by atoms with Gasteiger partial charge in [0.2, 0.25) is 5.91 Å². The van der Waals surface area contributed by atoms with Crippen LogP contribution in [0.4, 0.5) is 5.69 Å². The summed E-state index contributed by atoms with van der Waals surface area (Å²) >= 11 is 0. The number of benzene rings is 2. The first-order valence-corrected chi connectivity index (χ1v) is 7.58. The highest BCUT2D eigenvalue weighted by molar-refractivity contribution is 5.99. The summed E-state index contributed by atoms with van der Waals surface area (Å²) in [5, 5.41) is 8.25. The number of para-hydroxylation sites is 1. The van der Waals surface area contributed by atoms with Crippen molar-refractivity contribution in [3.8, 4) is 11.3 Å². The Balaban J connectivity index is 1.85. The molecule has 23 heavy (non-hydrogen) atoms. The van der Waals surface area contributed by atoms with Crippen LogP contribution in [-0.2, 0) is 17.9 Å². The molecule has 1 aromatic heterocycles. The molecule has 0 N–H and O–H groups in total. The van der Waals surface area contributed by atoms with Gasteiger partial charge >= 0.3 is 0 Å². The van der Waals surface area contributed by atoms with Crippen LogP contribution in [0.1, 0.15) is 11.3 Å². The predicted octanol–water partition coefficient (Wildman–Crippen LogP) is 2.80. The van der Waals surface area contributed by atoms with Crippen molar-refractivity contribution in [2.75, 3.05) is 4.90 Å². The number of anilines is 1. The zero-order chi connectivity index (χ0) is 15.8. The van der Waals surface area contributed by atoms with Crippen molar-refractivity contribution in [1.29, 1.82) is 0 Å². The molecule has 0 aliphatic carbocycles. The molecule has 5 heteroatoms. The molecule has 2 aromatic carbocycles. The van der Waals surface area contributed by atoms with E-state index in [2.05, 4.69) is 10.3 Å². The van der Waals surface area contributed by atoms with E-state index in [1.54, 1.807) is 4.68 Å². The second kappa shape index (κ2) is 5.35. The molecule has 0 spiro atoms. The Morgan fingerprint density at radius 1 is 1.04 bits per heavy atom. The van der Waals surface area contributed by atoms with Crippen LogP contribution < -0.4 is 4.90 Å². The van der Waals surface area contributed by atoms with Crippen LogP contribution in [0, 0.1) is 6.92 Å². The minimum absolute atomic E-state index is 0.0185. The first-order valence-electron chi connectivity index (χ1n) is 7.58. The Labute approximate surface area is 134 Å². The molecule has 0 fully saturated rings. The van der Waals surface area contributed by atoms with Crippen molar-refractivity contribution in [3.63, 3.8) is 0 Å². The standard InChI is InChI=1S/C18H16N4O/c1-13-18-15-9-5-6-10-16(15)21(11-14-7-3-2-4-8-14)17(23)12-22(18)20-19-13/h2-10H,11-12H2,1H3. The lowest BCUT2D eigenvalue weighted by molar-refractivity contribution is -0.119. The highest BCUT2D eigenvalue weighted by atomic mass is 16.2. The van der Waals surface area contributed by atoms with E-state index >= 15 is 0 Å². The lowest BCUT2D eigenvalue weighted by Crippen LogP contribution is -2.32. The SMILES string of the molecule is Cc1nnn2c1-c1ccccc1N(Cc1ccccc1)C(=O)C2. The van der Waals surface area contributed by atoms with Crippen molar-refractivity contribution < 1.29 is 4.79 Å². The van der Waals surface area contributed by atoms with Crippen LogP contribution in [0.25, 0.3) is 11.3 Å². The summed E-state index contributed by atoms with van der Waals surface area (Å²) in [6.45, 7) is 2.68. The molecular weight excluding hydrogens is 288 g/mol. The van der Waals surface area contributed by atoms with E-state index in [-0.39, 0.29) is 12.5 Å². The summed E-state index contributed by atoms with van der Waals surface area (Å²) in [4.78, 5) is 14.6. The van der Waals surface area contributed by atoms with Gasteiger partial charge in [-0.15, -0.1) is 5.10 Å². The number of hydrogen-bond acceptors (Lipinski definition) is 3. The maximum atomic E-state index is 12.8. The van der Waals surface area contributed by atoms with Crippen LogP contribution in [0.15, 0.2) is 54.6 Å². The van der Waals surface area contributed by atoms with E-state index in [1.165, 1.54) is 0 Å². The molecule has 0 bridgehead atoms. The van der Waals surface area contributed by atoms with Gasteiger partial charge in [-0.2, -0.15) is 0 Å². The summed E-state index contributed by atoms with van der Waals surface area (Å²) in [7, 11) is 0. The third-order valence-electron chi connectivity index (χ3n) is 4.12. The molecule has 1 amide bonds. The quantitative estimate of drug-likeness (QED) is 0.731. The minimum Gasteiger partial charge on any atom is -0.306 e. The minimum atomic E-state index is 0.0185. The van der Waals surface area contributed by atoms with E-state index in [4.69, 9.17) is 0 Å². The summed E-state index contributed by atoms with van der Waals surface area (Å²) in [5.74, 6) is 0.0185. The average molecular weight is 304 g/mol. The summed E-state index contributed by atoms with van der Waals surface area (Å²) in [6, 6.07) is 18.0. The molecule has 0 radical (unpaired) electrons. The van der Waals surface area contributed by atoms with Gasteiger partial charge in [0.25, 0.3) is 0 Å². The zero-order valence-electron chi connectivity index (χ0n) is 12.8. The first kappa shape index (κ1) is 13.7. The second-order valence-electron chi connectivity index (χ2n) is 5.66. The molecule has 1 aliphatic heterocycles. The van der Waals surface area contributed by atoms with Gasteiger partial charge in [0.05, 0.1) is 23.6 Å². The average Bonchev–Trinajstić information content (AvgIpc) is 2.88. The number of amides is 1. The smallest absolute Gasteiger partial charge is 0.249 e. The molecule has 2 heterocycles. The van der Waals surface area contributed by atoms with E-state index in [0.29, 0.717) is 6.54 Å². The molecule has 3 aromatic rings. The van der Waals surface area contributed by atoms with E-state index in [9.17, 15) is 4.79 Å². The monoisotopic (exact) mass is 304 g/mol. The summed E-state index contributed by atoms with van der Waals surface area (Å²) in [5.41, 5.74) is 4.77. The Kier molecular flexibility index (Phi) is 3.19. The Hall–Kier alpha value is -2.95. The van der Waals surface area contributed by atoms with E-state index in [1.807, 2.05) is 66.4 Å². The van der Waals surface area contributed by atoms with Gasteiger partial charge in [-0.05, 0) is 18.6 Å². The van der Waals surface area contributed by atoms with Gasteiger partial charge in [0, 0.05) is 5.56 Å². The Bertz CT molecular complexity index is 870. The molecule has 5 nitrogen and oxygen atoms in total. The molecule has 1 aliphatic rings. The summed E-state index contributed by atoms with van der Waals surface area (Å²) < 4.78 is 1.70. The number of nitrogens with zero attached hydrogens (tertiary/aromatic N) is 4. The fourth-order valence-electron chi connectivity index (χ4n) is 3.04. The number of carbonyl (C=O) groups excluding carboxylic acids is 1. The first-order chi connectivity index (χ1) is 11.2. The number of aromatic nitrogens is 3. The lowest BCUT2D eigenvalue weighted by atomic mass is 10.1.